The molecule has 5 nitrogen and oxygen atoms in total. The molecule has 2 heterocycles. The number of benzene rings is 2. The third kappa shape index (κ3) is 3.84. The normalized spacial score (nSPS) is 10.8. The van der Waals surface area contributed by atoms with Crippen LogP contribution in [-0.4, -0.2) is 31.3 Å². The van der Waals surface area contributed by atoms with E-state index in [-0.39, 0.29) is 17.4 Å². The van der Waals surface area contributed by atoms with Crippen LogP contribution in [0.25, 0.3) is 17.2 Å². The van der Waals surface area contributed by atoms with Gasteiger partial charge in [0.15, 0.2) is 16.8 Å². The number of nitrogens with zero attached hydrogens (tertiary/aromatic N) is 4. The fraction of sp³-hybridized carbons (Fsp3) is 0.0476. The molecule has 0 saturated carbocycles. The summed E-state index contributed by atoms with van der Waals surface area (Å²) in [6.07, 6.45) is 1.70. The van der Waals surface area contributed by atoms with Gasteiger partial charge in [0.05, 0.1) is 5.75 Å². The SMILES string of the molecule is O=C(CSc1nnc(-c2ccccn2)n1-c1ccccc1)c1ccc(F)cc1. The van der Waals surface area contributed by atoms with E-state index < -0.39 is 0 Å². The predicted molar refractivity (Wildman–Crippen MR) is 106 cm³/mol. The molecule has 0 atom stereocenters. The van der Waals surface area contributed by atoms with Gasteiger partial charge in [0, 0.05) is 17.4 Å². The number of carbonyl (C=O) groups excluding carboxylic acids is 1. The van der Waals surface area contributed by atoms with Crippen LogP contribution in [0, 0.1) is 5.82 Å². The topological polar surface area (TPSA) is 60.7 Å². The average Bonchev–Trinajstić information content (AvgIpc) is 3.18. The van der Waals surface area contributed by atoms with Gasteiger partial charge in [-0.15, -0.1) is 10.2 Å². The first-order valence-electron chi connectivity index (χ1n) is 8.56. The lowest BCUT2D eigenvalue weighted by atomic mass is 10.1. The van der Waals surface area contributed by atoms with Gasteiger partial charge >= 0.3 is 0 Å². The number of rotatable bonds is 6. The van der Waals surface area contributed by atoms with E-state index in [9.17, 15) is 9.18 Å². The highest BCUT2D eigenvalue weighted by Gasteiger charge is 2.18. The van der Waals surface area contributed by atoms with Gasteiger partial charge < -0.3 is 0 Å². The third-order valence-electron chi connectivity index (χ3n) is 4.04. The number of thioether (sulfide) groups is 1. The molecule has 28 heavy (non-hydrogen) atoms. The highest BCUT2D eigenvalue weighted by molar-refractivity contribution is 7.99. The molecule has 4 rings (SSSR count). The molecule has 138 valence electrons. The van der Waals surface area contributed by atoms with Crippen molar-refractivity contribution >= 4 is 17.5 Å². The Morgan fingerprint density at radius 1 is 0.929 bits per heavy atom. The van der Waals surface area contributed by atoms with E-state index in [1.54, 1.807) is 6.20 Å². The fourth-order valence-electron chi connectivity index (χ4n) is 2.68. The minimum atomic E-state index is -0.368. The Morgan fingerprint density at radius 2 is 1.68 bits per heavy atom. The van der Waals surface area contributed by atoms with E-state index in [1.165, 1.54) is 36.0 Å². The van der Waals surface area contributed by atoms with Crippen molar-refractivity contribution in [3.05, 3.63) is 90.4 Å². The number of carbonyl (C=O) groups is 1. The Morgan fingerprint density at radius 3 is 2.39 bits per heavy atom. The molecule has 0 saturated heterocycles. The summed E-state index contributed by atoms with van der Waals surface area (Å²) in [6.45, 7) is 0. The lowest BCUT2D eigenvalue weighted by molar-refractivity contribution is 0.102. The second-order valence-electron chi connectivity index (χ2n) is 5.91. The summed E-state index contributed by atoms with van der Waals surface area (Å²) in [6, 6.07) is 20.8. The maximum Gasteiger partial charge on any atom is 0.196 e. The molecule has 0 unspecified atom stereocenters. The minimum absolute atomic E-state index is 0.105. The molecule has 7 heteroatoms. The van der Waals surface area contributed by atoms with Gasteiger partial charge in [0.25, 0.3) is 0 Å². The lowest BCUT2D eigenvalue weighted by Crippen LogP contribution is -2.05. The number of hydrogen-bond donors (Lipinski definition) is 0. The quantitative estimate of drug-likeness (QED) is 0.360. The van der Waals surface area contributed by atoms with Crippen molar-refractivity contribution in [2.75, 3.05) is 5.75 Å². The number of para-hydroxylation sites is 1. The van der Waals surface area contributed by atoms with Crippen molar-refractivity contribution < 1.29 is 9.18 Å². The summed E-state index contributed by atoms with van der Waals surface area (Å²) in [5.74, 6) is 0.294. The zero-order valence-corrected chi connectivity index (χ0v) is 15.5. The van der Waals surface area contributed by atoms with Crippen LogP contribution in [0.1, 0.15) is 10.4 Å². The molecule has 0 amide bonds. The van der Waals surface area contributed by atoms with Crippen LogP contribution in [-0.2, 0) is 0 Å². The Labute approximate surface area is 165 Å². The summed E-state index contributed by atoms with van der Waals surface area (Å²) < 4.78 is 14.9. The highest BCUT2D eigenvalue weighted by atomic mass is 32.2. The van der Waals surface area contributed by atoms with Crippen molar-refractivity contribution in [1.82, 2.24) is 19.7 Å². The highest BCUT2D eigenvalue weighted by Crippen LogP contribution is 2.27. The van der Waals surface area contributed by atoms with Gasteiger partial charge in [-0.25, -0.2) is 4.39 Å². The minimum Gasteiger partial charge on any atom is -0.293 e. The maximum absolute atomic E-state index is 13.1. The van der Waals surface area contributed by atoms with E-state index in [0.717, 1.165) is 5.69 Å². The number of Topliss-reactive ketones (excluding diaryl/α,β-unsaturated/α-hetero) is 1. The number of aromatic nitrogens is 4. The van der Waals surface area contributed by atoms with Gasteiger partial charge in [0.1, 0.15) is 11.5 Å². The largest absolute Gasteiger partial charge is 0.293 e. The molecule has 4 aromatic rings. The maximum atomic E-state index is 13.1. The Bertz CT molecular complexity index is 1080. The Balaban J connectivity index is 1.65. The standard InChI is InChI=1S/C21H15FN4OS/c22-16-11-9-15(10-12-16)19(27)14-28-21-25-24-20(18-8-4-5-13-23-18)26(21)17-6-2-1-3-7-17/h1-13H,14H2. The molecule has 0 N–H and O–H groups in total. The first-order valence-corrected chi connectivity index (χ1v) is 9.55. The smallest absolute Gasteiger partial charge is 0.196 e. The van der Waals surface area contributed by atoms with Crippen LogP contribution < -0.4 is 0 Å². The number of halogens is 1. The van der Waals surface area contributed by atoms with Crippen molar-refractivity contribution in [2.45, 2.75) is 5.16 Å². The molecule has 0 aliphatic rings. The predicted octanol–water partition coefficient (Wildman–Crippen LogP) is 4.44. The van der Waals surface area contributed by atoms with Crippen LogP contribution in [0.15, 0.2) is 84.1 Å². The molecule has 0 bridgehead atoms. The van der Waals surface area contributed by atoms with E-state index in [4.69, 9.17) is 0 Å². The number of ketones is 1. The Kier molecular flexibility index (Phi) is 5.25. The van der Waals surface area contributed by atoms with Crippen LogP contribution in [0.2, 0.25) is 0 Å². The first kappa shape index (κ1) is 18.1. The molecule has 0 aliphatic heterocycles. The summed E-state index contributed by atoms with van der Waals surface area (Å²) in [5, 5.41) is 9.15. The van der Waals surface area contributed by atoms with E-state index in [1.807, 2.05) is 53.1 Å². The zero-order valence-electron chi connectivity index (χ0n) is 14.7. The molecule has 0 spiro atoms. The fourth-order valence-corrected chi connectivity index (χ4v) is 3.53. The molecular weight excluding hydrogens is 375 g/mol. The molecular formula is C21H15FN4OS. The first-order chi connectivity index (χ1) is 13.7. The second kappa shape index (κ2) is 8.14. The van der Waals surface area contributed by atoms with Crippen molar-refractivity contribution in [3.8, 4) is 17.2 Å². The van der Waals surface area contributed by atoms with Gasteiger partial charge in [-0.05, 0) is 48.5 Å². The Hall–Kier alpha value is -3.32. The van der Waals surface area contributed by atoms with Crippen LogP contribution in [0.5, 0.6) is 0 Å². The monoisotopic (exact) mass is 390 g/mol. The van der Waals surface area contributed by atoms with E-state index >= 15 is 0 Å². The third-order valence-corrected chi connectivity index (χ3v) is 4.97. The van der Waals surface area contributed by atoms with Crippen molar-refractivity contribution in [3.63, 3.8) is 0 Å². The van der Waals surface area contributed by atoms with Crippen LogP contribution >= 0.6 is 11.8 Å². The van der Waals surface area contributed by atoms with Crippen molar-refractivity contribution in [1.29, 1.82) is 0 Å². The summed E-state index contributed by atoms with van der Waals surface area (Å²) in [5.41, 5.74) is 2.03. The summed E-state index contributed by atoms with van der Waals surface area (Å²) in [4.78, 5) is 16.8. The van der Waals surface area contributed by atoms with Crippen LogP contribution in [0.3, 0.4) is 0 Å². The van der Waals surface area contributed by atoms with Crippen LogP contribution in [0.4, 0.5) is 4.39 Å². The van der Waals surface area contributed by atoms with E-state index in [0.29, 0.717) is 22.2 Å². The average molecular weight is 390 g/mol. The van der Waals surface area contributed by atoms with Gasteiger partial charge in [-0.3, -0.25) is 14.3 Å². The van der Waals surface area contributed by atoms with Crippen molar-refractivity contribution in [2.24, 2.45) is 0 Å². The molecule has 0 radical (unpaired) electrons. The lowest BCUT2D eigenvalue weighted by Gasteiger charge is -2.09. The number of pyridine rings is 1. The second-order valence-corrected chi connectivity index (χ2v) is 6.85. The number of hydrogen-bond acceptors (Lipinski definition) is 5. The summed E-state index contributed by atoms with van der Waals surface area (Å²) >= 11 is 1.28. The molecule has 2 aromatic heterocycles. The van der Waals surface area contributed by atoms with Gasteiger partial charge in [0.2, 0.25) is 0 Å². The molecule has 0 aliphatic carbocycles. The summed E-state index contributed by atoms with van der Waals surface area (Å²) in [7, 11) is 0. The van der Waals surface area contributed by atoms with E-state index in [2.05, 4.69) is 15.2 Å². The van der Waals surface area contributed by atoms with Gasteiger partial charge in [-0.2, -0.15) is 0 Å². The van der Waals surface area contributed by atoms with Gasteiger partial charge in [-0.1, -0.05) is 36.0 Å². The zero-order chi connectivity index (χ0) is 19.3. The molecule has 2 aromatic carbocycles. The molecule has 0 fully saturated rings.